The fourth-order valence-corrected chi connectivity index (χ4v) is 1.52. The summed E-state index contributed by atoms with van der Waals surface area (Å²) in [5.41, 5.74) is -1.01. The Kier molecular flexibility index (Phi) is 3.47. The summed E-state index contributed by atoms with van der Waals surface area (Å²) in [6.45, 7) is 1.64. The van der Waals surface area contributed by atoms with Gasteiger partial charge < -0.3 is 19.3 Å². The van der Waals surface area contributed by atoms with Gasteiger partial charge in [-0.2, -0.15) is 0 Å². The first-order valence-corrected chi connectivity index (χ1v) is 4.50. The van der Waals surface area contributed by atoms with E-state index >= 15 is 0 Å². The first-order valence-electron chi connectivity index (χ1n) is 4.50. The summed E-state index contributed by atoms with van der Waals surface area (Å²) >= 11 is 0. The molecule has 1 rings (SSSR count). The lowest BCUT2D eigenvalue weighted by molar-refractivity contribution is -0.262. The molecule has 0 bridgehead atoms. The van der Waals surface area contributed by atoms with Crippen molar-refractivity contribution in [1.82, 2.24) is 0 Å². The van der Waals surface area contributed by atoms with E-state index in [4.69, 9.17) is 9.47 Å². The largest absolute Gasteiger partial charge is 0.467 e. The van der Waals surface area contributed by atoms with Crippen molar-refractivity contribution in [1.29, 1.82) is 0 Å². The van der Waals surface area contributed by atoms with Crippen molar-refractivity contribution in [3.63, 3.8) is 0 Å². The quantitative estimate of drug-likeness (QED) is 0.644. The minimum absolute atomic E-state index is 0.431. The topological polar surface area (TPSA) is 65.0 Å². The maximum Gasteiger partial charge on any atom is 0.337 e. The summed E-state index contributed by atoms with van der Waals surface area (Å²) in [4.78, 5) is 11.4. The molecule has 0 amide bonds. The average molecular weight is 204 g/mol. The molecule has 0 aromatic heterocycles. The molecule has 0 radical (unpaired) electrons. The monoisotopic (exact) mass is 204 g/mol. The SMILES string of the molecule is COC(=O)C1(C)CCC(O)C(OC)O1. The lowest BCUT2D eigenvalue weighted by Gasteiger charge is -2.38. The lowest BCUT2D eigenvalue weighted by Crippen LogP contribution is -2.51. The van der Waals surface area contributed by atoms with E-state index in [9.17, 15) is 9.90 Å². The molecule has 0 aromatic rings. The number of rotatable bonds is 2. The number of ether oxygens (including phenoxy) is 3. The van der Waals surface area contributed by atoms with E-state index in [1.165, 1.54) is 14.2 Å². The maximum atomic E-state index is 11.4. The van der Waals surface area contributed by atoms with Crippen LogP contribution in [0.1, 0.15) is 19.8 Å². The maximum absolute atomic E-state index is 11.4. The van der Waals surface area contributed by atoms with Crippen LogP contribution in [0.3, 0.4) is 0 Å². The van der Waals surface area contributed by atoms with Gasteiger partial charge in [0.05, 0.1) is 7.11 Å². The van der Waals surface area contributed by atoms with Gasteiger partial charge in [0.25, 0.3) is 0 Å². The fourth-order valence-electron chi connectivity index (χ4n) is 1.52. The normalized spacial score (nSPS) is 38.0. The molecule has 14 heavy (non-hydrogen) atoms. The van der Waals surface area contributed by atoms with E-state index < -0.39 is 24.0 Å². The zero-order chi connectivity index (χ0) is 10.8. The summed E-state index contributed by atoms with van der Waals surface area (Å²) in [7, 11) is 2.74. The predicted molar refractivity (Wildman–Crippen MR) is 47.5 cm³/mol. The lowest BCUT2D eigenvalue weighted by atomic mass is 9.94. The van der Waals surface area contributed by atoms with Crippen LogP contribution >= 0.6 is 0 Å². The van der Waals surface area contributed by atoms with Crippen molar-refractivity contribution in [2.24, 2.45) is 0 Å². The average Bonchev–Trinajstić information content (AvgIpc) is 2.20. The highest BCUT2D eigenvalue weighted by atomic mass is 16.7. The zero-order valence-corrected chi connectivity index (χ0v) is 8.65. The van der Waals surface area contributed by atoms with Crippen molar-refractivity contribution in [2.45, 2.75) is 37.8 Å². The second-order valence-corrected chi connectivity index (χ2v) is 3.55. The van der Waals surface area contributed by atoms with E-state index in [0.717, 1.165) is 0 Å². The first-order chi connectivity index (χ1) is 6.53. The summed E-state index contributed by atoms with van der Waals surface area (Å²) in [5, 5.41) is 9.45. The number of methoxy groups -OCH3 is 2. The van der Waals surface area contributed by atoms with Gasteiger partial charge in [-0.25, -0.2) is 4.79 Å². The van der Waals surface area contributed by atoms with Crippen LogP contribution in [-0.2, 0) is 19.0 Å². The zero-order valence-electron chi connectivity index (χ0n) is 8.65. The molecule has 1 fully saturated rings. The first kappa shape index (κ1) is 11.4. The smallest absolute Gasteiger partial charge is 0.337 e. The molecule has 0 aliphatic carbocycles. The Labute approximate surface area is 82.9 Å². The van der Waals surface area contributed by atoms with Gasteiger partial charge in [0.15, 0.2) is 11.9 Å². The molecule has 1 aliphatic rings. The van der Waals surface area contributed by atoms with Crippen molar-refractivity contribution >= 4 is 5.97 Å². The van der Waals surface area contributed by atoms with Crippen molar-refractivity contribution < 1.29 is 24.1 Å². The molecule has 1 aliphatic heterocycles. The number of hydrogen-bond donors (Lipinski definition) is 1. The third-order valence-electron chi connectivity index (χ3n) is 2.46. The highest BCUT2D eigenvalue weighted by molar-refractivity contribution is 5.79. The summed E-state index contributed by atoms with van der Waals surface area (Å²) < 4.78 is 14.9. The predicted octanol–water partition coefficient (Wildman–Crippen LogP) is 0.0619. The van der Waals surface area contributed by atoms with Crippen LogP contribution in [0.25, 0.3) is 0 Å². The van der Waals surface area contributed by atoms with Gasteiger partial charge in [-0.05, 0) is 19.8 Å². The van der Waals surface area contributed by atoms with Crippen LogP contribution < -0.4 is 0 Å². The van der Waals surface area contributed by atoms with Gasteiger partial charge in [-0.3, -0.25) is 0 Å². The molecule has 1 N–H and O–H groups in total. The molecule has 5 nitrogen and oxygen atoms in total. The summed E-state index contributed by atoms with van der Waals surface area (Å²) in [5.74, 6) is -0.438. The Morgan fingerprint density at radius 3 is 2.71 bits per heavy atom. The van der Waals surface area contributed by atoms with E-state index in [1.54, 1.807) is 6.92 Å². The number of aliphatic hydroxyl groups is 1. The molecule has 3 atom stereocenters. The van der Waals surface area contributed by atoms with E-state index in [1.807, 2.05) is 0 Å². The van der Waals surface area contributed by atoms with Crippen LogP contribution in [0.15, 0.2) is 0 Å². The minimum atomic E-state index is -1.01. The highest BCUT2D eigenvalue weighted by Crippen LogP contribution is 2.30. The van der Waals surface area contributed by atoms with E-state index in [0.29, 0.717) is 12.8 Å². The van der Waals surface area contributed by atoms with Gasteiger partial charge >= 0.3 is 5.97 Å². The molecule has 0 aromatic carbocycles. The number of hydrogen-bond acceptors (Lipinski definition) is 5. The fraction of sp³-hybridized carbons (Fsp3) is 0.889. The standard InChI is InChI=1S/C9H16O5/c1-9(8(11)13-3)5-4-6(10)7(12-2)14-9/h6-7,10H,4-5H2,1-3H3. The Balaban J connectivity index is 2.69. The summed E-state index contributed by atoms with van der Waals surface area (Å²) in [6, 6.07) is 0. The summed E-state index contributed by atoms with van der Waals surface area (Å²) in [6.07, 6.45) is -0.546. The van der Waals surface area contributed by atoms with E-state index in [2.05, 4.69) is 4.74 Å². The van der Waals surface area contributed by atoms with Crippen LogP contribution in [-0.4, -0.2) is 43.3 Å². The molecule has 5 heteroatoms. The second kappa shape index (κ2) is 4.25. The third kappa shape index (κ3) is 2.05. The van der Waals surface area contributed by atoms with Crippen molar-refractivity contribution in [3.05, 3.63) is 0 Å². The Bertz CT molecular complexity index is 217. The minimum Gasteiger partial charge on any atom is -0.467 e. The molecular formula is C9H16O5. The van der Waals surface area contributed by atoms with Gasteiger partial charge in [0.1, 0.15) is 6.10 Å². The molecule has 1 saturated heterocycles. The Hall–Kier alpha value is -0.650. The molecule has 0 saturated carbocycles. The van der Waals surface area contributed by atoms with Crippen molar-refractivity contribution in [3.8, 4) is 0 Å². The third-order valence-corrected chi connectivity index (χ3v) is 2.46. The molecule has 0 spiro atoms. The van der Waals surface area contributed by atoms with Crippen LogP contribution in [0.5, 0.6) is 0 Å². The van der Waals surface area contributed by atoms with Crippen LogP contribution in [0.4, 0.5) is 0 Å². The van der Waals surface area contributed by atoms with Gasteiger partial charge in [-0.15, -0.1) is 0 Å². The Morgan fingerprint density at radius 2 is 2.21 bits per heavy atom. The van der Waals surface area contributed by atoms with Gasteiger partial charge in [0.2, 0.25) is 0 Å². The van der Waals surface area contributed by atoms with Gasteiger partial charge in [-0.1, -0.05) is 0 Å². The number of aliphatic hydroxyl groups excluding tert-OH is 1. The number of carbonyl (C=O) groups excluding carboxylic acids is 1. The number of carbonyl (C=O) groups is 1. The van der Waals surface area contributed by atoms with Crippen LogP contribution in [0.2, 0.25) is 0 Å². The number of esters is 1. The Morgan fingerprint density at radius 1 is 1.57 bits per heavy atom. The van der Waals surface area contributed by atoms with Crippen molar-refractivity contribution in [2.75, 3.05) is 14.2 Å². The highest BCUT2D eigenvalue weighted by Gasteiger charge is 2.44. The second-order valence-electron chi connectivity index (χ2n) is 3.55. The molecule has 3 unspecified atom stereocenters. The van der Waals surface area contributed by atoms with Crippen LogP contribution in [0, 0.1) is 0 Å². The van der Waals surface area contributed by atoms with E-state index in [-0.39, 0.29) is 0 Å². The molecule has 1 heterocycles. The molecule has 82 valence electrons. The van der Waals surface area contributed by atoms with Gasteiger partial charge in [0, 0.05) is 7.11 Å². The molecular weight excluding hydrogens is 188 g/mol.